The standard InChI is InChI=1S/C23H23NO5/c1-4-17-5-9-19(10-6-17)23(26)16(2)29-22(25)12-8-18-7-11-20(28-14-13-24)21(15-18)27-3/h5-12,15-16H,4,14H2,1-3H3. The first-order valence-electron chi connectivity index (χ1n) is 9.18. The Bertz CT molecular complexity index is 925. The molecule has 0 aliphatic rings. The zero-order valence-corrected chi connectivity index (χ0v) is 16.7. The van der Waals surface area contributed by atoms with Gasteiger partial charge in [-0.05, 0) is 42.7 Å². The zero-order valence-electron chi connectivity index (χ0n) is 16.7. The number of carbonyl (C=O) groups is 2. The van der Waals surface area contributed by atoms with E-state index in [-0.39, 0.29) is 12.4 Å². The molecule has 2 aromatic rings. The summed E-state index contributed by atoms with van der Waals surface area (Å²) in [7, 11) is 1.48. The number of benzene rings is 2. The lowest BCUT2D eigenvalue weighted by atomic mass is 10.0. The molecule has 0 bridgehead atoms. The Morgan fingerprint density at radius 2 is 1.86 bits per heavy atom. The van der Waals surface area contributed by atoms with E-state index in [1.807, 2.05) is 25.1 Å². The largest absolute Gasteiger partial charge is 0.493 e. The summed E-state index contributed by atoms with van der Waals surface area (Å²) in [6.07, 6.45) is 2.79. The number of rotatable bonds is 9. The Hall–Kier alpha value is -3.59. The maximum atomic E-state index is 12.4. The molecule has 2 aromatic carbocycles. The zero-order chi connectivity index (χ0) is 21.2. The minimum atomic E-state index is -0.893. The SMILES string of the molecule is CCc1ccc(C(=O)C(C)OC(=O)C=Cc2ccc(OCC#N)c(OC)c2)cc1. The van der Waals surface area contributed by atoms with Gasteiger partial charge in [0.2, 0.25) is 5.78 Å². The fourth-order valence-electron chi connectivity index (χ4n) is 2.59. The van der Waals surface area contributed by atoms with E-state index in [1.54, 1.807) is 43.3 Å². The summed E-state index contributed by atoms with van der Waals surface area (Å²) in [6, 6.07) is 14.2. The lowest BCUT2D eigenvalue weighted by Gasteiger charge is -2.11. The Morgan fingerprint density at radius 1 is 1.14 bits per heavy atom. The molecule has 0 aliphatic carbocycles. The molecule has 150 valence electrons. The molecule has 0 amide bonds. The van der Waals surface area contributed by atoms with Crippen molar-refractivity contribution >= 4 is 17.8 Å². The number of nitriles is 1. The molecule has 1 atom stereocenters. The van der Waals surface area contributed by atoms with Crippen LogP contribution in [0.3, 0.4) is 0 Å². The highest BCUT2D eigenvalue weighted by Crippen LogP contribution is 2.28. The molecule has 2 rings (SSSR count). The third-order valence-electron chi connectivity index (χ3n) is 4.20. The molecule has 29 heavy (non-hydrogen) atoms. The second-order valence-electron chi connectivity index (χ2n) is 6.18. The van der Waals surface area contributed by atoms with Crippen LogP contribution in [0.25, 0.3) is 6.08 Å². The fraction of sp³-hybridized carbons (Fsp3) is 0.261. The van der Waals surface area contributed by atoms with Gasteiger partial charge in [0.15, 0.2) is 24.2 Å². The Labute approximate surface area is 170 Å². The number of esters is 1. The van der Waals surface area contributed by atoms with Crippen molar-refractivity contribution in [3.05, 3.63) is 65.2 Å². The maximum Gasteiger partial charge on any atom is 0.331 e. The highest BCUT2D eigenvalue weighted by Gasteiger charge is 2.18. The first-order chi connectivity index (χ1) is 14.0. The number of hydrogen-bond acceptors (Lipinski definition) is 6. The molecule has 0 saturated heterocycles. The summed E-state index contributed by atoms with van der Waals surface area (Å²) in [6.45, 7) is 3.49. The van der Waals surface area contributed by atoms with Crippen molar-refractivity contribution in [2.45, 2.75) is 26.4 Å². The average Bonchev–Trinajstić information content (AvgIpc) is 2.75. The van der Waals surface area contributed by atoms with E-state index in [1.165, 1.54) is 13.2 Å². The number of aryl methyl sites for hydroxylation is 1. The number of Topliss-reactive ketones (excluding diaryl/α,β-unsaturated/α-hetero) is 1. The summed E-state index contributed by atoms with van der Waals surface area (Å²) in [4.78, 5) is 24.5. The van der Waals surface area contributed by atoms with E-state index >= 15 is 0 Å². The van der Waals surface area contributed by atoms with Crippen molar-refractivity contribution in [2.75, 3.05) is 13.7 Å². The van der Waals surface area contributed by atoms with Gasteiger partial charge in [-0.25, -0.2) is 4.79 Å². The molecule has 0 aliphatic heterocycles. The number of carbonyl (C=O) groups excluding carboxylic acids is 2. The minimum absolute atomic E-state index is 0.0923. The molecule has 1 unspecified atom stereocenters. The summed E-state index contributed by atoms with van der Waals surface area (Å²) < 4.78 is 15.7. The number of ether oxygens (including phenoxy) is 3. The van der Waals surface area contributed by atoms with Gasteiger partial charge in [0, 0.05) is 11.6 Å². The smallest absolute Gasteiger partial charge is 0.331 e. The molecule has 6 heteroatoms. The van der Waals surface area contributed by atoms with Gasteiger partial charge in [-0.15, -0.1) is 0 Å². The Balaban J connectivity index is 1.99. The molecule has 0 saturated carbocycles. The van der Waals surface area contributed by atoms with Crippen molar-refractivity contribution < 1.29 is 23.8 Å². The van der Waals surface area contributed by atoms with Gasteiger partial charge < -0.3 is 14.2 Å². The molecule has 6 nitrogen and oxygen atoms in total. The predicted octanol–water partition coefficient (Wildman–Crippen LogP) is 3.99. The second kappa shape index (κ2) is 10.7. The van der Waals surface area contributed by atoms with Gasteiger partial charge >= 0.3 is 5.97 Å². The highest BCUT2D eigenvalue weighted by atomic mass is 16.5. The van der Waals surface area contributed by atoms with E-state index in [4.69, 9.17) is 19.5 Å². The minimum Gasteiger partial charge on any atom is -0.493 e. The average molecular weight is 393 g/mol. The Morgan fingerprint density at radius 3 is 2.48 bits per heavy atom. The normalized spacial score (nSPS) is 11.5. The van der Waals surface area contributed by atoms with Crippen LogP contribution in [-0.2, 0) is 16.0 Å². The van der Waals surface area contributed by atoms with Gasteiger partial charge in [0.1, 0.15) is 6.07 Å². The summed E-state index contributed by atoms with van der Waals surface area (Å²) in [5.74, 6) is -0.00760. The van der Waals surface area contributed by atoms with Crippen molar-refractivity contribution in [2.24, 2.45) is 0 Å². The number of hydrogen-bond donors (Lipinski definition) is 0. The lowest BCUT2D eigenvalue weighted by molar-refractivity contribution is -0.140. The van der Waals surface area contributed by atoms with Crippen LogP contribution >= 0.6 is 0 Å². The van der Waals surface area contributed by atoms with Gasteiger partial charge in [0.05, 0.1) is 7.11 Å². The Kier molecular flexibility index (Phi) is 7.99. The van der Waals surface area contributed by atoms with Gasteiger partial charge in [-0.1, -0.05) is 37.3 Å². The molecule has 0 N–H and O–H groups in total. The monoisotopic (exact) mass is 393 g/mol. The second-order valence-corrected chi connectivity index (χ2v) is 6.18. The molecule has 0 fully saturated rings. The summed E-state index contributed by atoms with van der Waals surface area (Å²) >= 11 is 0. The number of methoxy groups -OCH3 is 1. The van der Waals surface area contributed by atoms with Crippen LogP contribution in [0.1, 0.15) is 35.3 Å². The molecule has 0 heterocycles. The molecular weight excluding hydrogens is 370 g/mol. The van der Waals surface area contributed by atoms with Crippen LogP contribution in [0, 0.1) is 11.3 Å². The van der Waals surface area contributed by atoms with E-state index in [9.17, 15) is 9.59 Å². The fourth-order valence-corrected chi connectivity index (χ4v) is 2.59. The quantitative estimate of drug-likeness (QED) is 0.364. The predicted molar refractivity (Wildman–Crippen MR) is 109 cm³/mol. The van der Waals surface area contributed by atoms with E-state index < -0.39 is 12.1 Å². The van der Waals surface area contributed by atoms with Gasteiger partial charge in [0.25, 0.3) is 0 Å². The third-order valence-corrected chi connectivity index (χ3v) is 4.20. The number of nitrogens with zero attached hydrogens (tertiary/aromatic N) is 1. The summed E-state index contributed by atoms with van der Waals surface area (Å²) in [5, 5.41) is 8.60. The lowest BCUT2D eigenvalue weighted by Crippen LogP contribution is -2.23. The van der Waals surface area contributed by atoms with E-state index in [2.05, 4.69) is 0 Å². The maximum absolute atomic E-state index is 12.4. The van der Waals surface area contributed by atoms with Crippen LogP contribution < -0.4 is 9.47 Å². The van der Waals surface area contributed by atoms with Gasteiger partial charge in [-0.3, -0.25) is 4.79 Å². The topological polar surface area (TPSA) is 85.6 Å². The third kappa shape index (κ3) is 6.22. The highest BCUT2D eigenvalue weighted by molar-refractivity contribution is 6.01. The van der Waals surface area contributed by atoms with Crippen LogP contribution in [-0.4, -0.2) is 31.6 Å². The van der Waals surface area contributed by atoms with Gasteiger partial charge in [-0.2, -0.15) is 5.26 Å². The van der Waals surface area contributed by atoms with Crippen LogP contribution in [0.5, 0.6) is 11.5 Å². The van der Waals surface area contributed by atoms with Crippen molar-refractivity contribution in [3.63, 3.8) is 0 Å². The van der Waals surface area contributed by atoms with Crippen LogP contribution in [0.2, 0.25) is 0 Å². The van der Waals surface area contributed by atoms with Crippen molar-refractivity contribution in [1.29, 1.82) is 5.26 Å². The summed E-state index contributed by atoms with van der Waals surface area (Å²) in [5.41, 5.74) is 2.31. The molecule has 0 aromatic heterocycles. The first kappa shape index (κ1) is 21.7. The molecule has 0 spiro atoms. The van der Waals surface area contributed by atoms with E-state index in [0.717, 1.165) is 12.0 Å². The van der Waals surface area contributed by atoms with Crippen molar-refractivity contribution in [3.8, 4) is 17.6 Å². The van der Waals surface area contributed by atoms with E-state index in [0.29, 0.717) is 22.6 Å². The molecule has 0 radical (unpaired) electrons. The number of ketones is 1. The molecular formula is C23H23NO5. The van der Waals surface area contributed by atoms with Crippen LogP contribution in [0.4, 0.5) is 0 Å². The first-order valence-corrected chi connectivity index (χ1v) is 9.18. The van der Waals surface area contributed by atoms with Crippen molar-refractivity contribution in [1.82, 2.24) is 0 Å². The van der Waals surface area contributed by atoms with Crippen LogP contribution in [0.15, 0.2) is 48.5 Å².